The van der Waals surface area contributed by atoms with E-state index in [2.05, 4.69) is 58.8 Å². The molecular formula is C12H23N. The van der Waals surface area contributed by atoms with Crippen molar-refractivity contribution in [1.29, 1.82) is 0 Å². The van der Waals surface area contributed by atoms with E-state index in [1.807, 2.05) is 0 Å². The highest BCUT2D eigenvalue weighted by Gasteiger charge is 2.04. The van der Waals surface area contributed by atoms with E-state index >= 15 is 0 Å². The number of hydrogen-bond donors (Lipinski definition) is 0. The van der Waals surface area contributed by atoms with Crippen molar-refractivity contribution in [3.05, 3.63) is 11.6 Å². The smallest absolute Gasteiger partial charge is 0.0674 e. The third-order valence-corrected chi connectivity index (χ3v) is 2.71. The van der Waals surface area contributed by atoms with Crippen molar-refractivity contribution < 1.29 is 0 Å². The molecule has 1 nitrogen and oxygen atoms in total. The minimum absolute atomic E-state index is 0.339. The highest BCUT2D eigenvalue weighted by molar-refractivity contribution is 5.61. The van der Waals surface area contributed by atoms with Crippen molar-refractivity contribution in [3.63, 3.8) is 0 Å². The molecule has 0 heterocycles. The Balaban J connectivity index is 4.12. The van der Waals surface area contributed by atoms with Gasteiger partial charge in [0, 0.05) is 6.21 Å². The molecule has 0 aliphatic rings. The second-order valence-electron chi connectivity index (χ2n) is 4.11. The lowest BCUT2D eigenvalue weighted by molar-refractivity contribution is 0.538. The summed E-state index contributed by atoms with van der Waals surface area (Å²) in [5, 5.41) is 0. The van der Waals surface area contributed by atoms with E-state index in [4.69, 9.17) is 0 Å². The Labute approximate surface area is 83.0 Å². The van der Waals surface area contributed by atoms with Gasteiger partial charge in [0.15, 0.2) is 0 Å². The summed E-state index contributed by atoms with van der Waals surface area (Å²) in [5.41, 5.74) is 1.34. The molecule has 0 amide bonds. The normalized spacial score (nSPS) is 18.2. The van der Waals surface area contributed by atoms with Crippen LogP contribution < -0.4 is 0 Å². The average Bonchev–Trinajstić information content (AvgIpc) is 2.11. The quantitative estimate of drug-likeness (QED) is 0.463. The molecule has 2 atom stereocenters. The fraction of sp³-hybridized carbons (Fsp3) is 0.750. The fourth-order valence-corrected chi connectivity index (χ4v) is 0.796. The predicted octanol–water partition coefficient (Wildman–Crippen LogP) is 3.70. The number of nitrogens with zero attached hydrogens (tertiary/aromatic N) is 1. The Morgan fingerprint density at radius 1 is 1.15 bits per heavy atom. The van der Waals surface area contributed by atoms with Gasteiger partial charge in [0.05, 0.1) is 6.04 Å². The molecule has 0 radical (unpaired) electrons. The summed E-state index contributed by atoms with van der Waals surface area (Å²) in [4.78, 5) is 4.52. The topological polar surface area (TPSA) is 12.4 Å². The predicted molar refractivity (Wildman–Crippen MR) is 61.4 cm³/mol. The summed E-state index contributed by atoms with van der Waals surface area (Å²) in [6.07, 6.45) is 4.21. The Kier molecular flexibility index (Phi) is 5.68. The van der Waals surface area contributed by atoms with E-state index in [0.29, 0.717) is 17.9 Å². The van der Waals surface area contributed by atoms with Crippen LogP contribution in [0.25, 0.3) is 0 Å². The Morgan fingerprint density at radius 3 is 2.08 bits per heavy atom. The minimum Gasteiger partial charge on any atom is -0.290 e. The van der Waals surface area contributed by atoms with Crippen LogP contribution in [0.5, 0.6) is 0 Å². The van der Waals surface area contributed by atoms with Gasteiger partial charge in [-0.2, -0.15) is 0 Å². The zero-order chi connectivity index (χ0) is 10.4. The SMILES string of the molecule is C/C=C(\C)[C@@H](C)N=CC(C)C(C)C. The largest absolute Gasteiger partial charge is 0.290 e. The standard InChI is InChI=1S/C12H23N/c1-7-10(4)12(6)13-8-11(5)9(2)3/h7-9,11-12H,1-6H3/b10-7+,13-8?/t11?,12-/m1/s1. The van der Waals surface area contributed by atoms with E-state index in [-0.39, 0.29) is 0 Å². The van der Waals surface area contributed by atoms with E-state index in [1.54, 1.807) is 0 Å². The molecule has 0 saturated heterocycles. The van der Waals surface area contributed by atoms with Crippen LogP contribution in [0, 0.1) is 11.8 Å². The van der Waals surface area contributed by atoms with Gasteiger partial charge in [-0.3, -0.25) is 4.99 Å². The van der Waals surface area contributed by atoms with Gasteiger partial charge in [0.2, 0.25) is 0 Å². The van der Waals surface area contributed by atoms with Gasteiger partial charge in [-0.1, -0.05) is 32.4 Å². The van der Waals surface area contributed by atoms with Gasteiger partial charge in [0.25, 0.3) is 0 Å². The van der Waals surface area contributed by atoms with Crippen molar-refractivity contribution in [2.75, 3.05) is 0 Å². The third-order valence-electron chi connectivity index (χ3n) is 2.71. The van der Waals surface area contributed by atoms with Gasteiger partial charge in [0.1, 0.15) is 0 Å². The highest BCUT2D eigenvalue weighted by Crippen LogP contribution is 2.09. The summed E-state index contributed by atoms with van der Waals surface area (Å²) in [6.45, 7) is 13.0. The van der Waals surface area contributed by atoms with E-state index in [9.17, 15) is 0 Å². The van der Waals surface area contributed by atoms with Crippen LogP contribution in [0.1, 0.15) is 41.5 Å². The molecule has 0 rings (SSSR count). The second-order valence-corrected chi connectivity index (χ2v) is 4.11. The molecule has 0 saturated carbocycles. The second kappa shape index (κ2) is 5.95. The summed E-state index contributed by atoms with van der Waals surface area (Å²) in [5.74, 6) is 1.26. The van der Waals surface area contributed by atoms with Crippen LogP contribution >= 0.6 is 0 Å². The molecular weight excluding hydrogens is 158 g/mol. The maximum absolute atomic E-state index is 4.52. The zero-order valence-corrected chi connectivity index (χ0v) is 9.83. The molecule has 0 fully saturated rings. The zero-order valence-electron chi connectivity index (χ0n) is 9.83. The maximum Gasteiger partial charge on any atom is 0.0674 e. The van der Waals surface area contributed by atoms with Gasteiger partial charge >= 0.3 is 0 Å². The first-order valence-corrected chi connectivity index (χ1v) is 5.15. The molecule has 76 valence electrons. The highest BCUT2D eigenvalue weighted by atomic mass is 14.8. The number of aliphatic imine (C=N–C) groups is 1. The van der Waals surface area contributed by atoms with Crippen molar-refractivity contribution in [2.45, 2.75) is 47.6 Å². The number of rotatable bonds is 4. The molecule has 0 aromatic rings. The Morgan fingerprint density at radius 2 is 1.69 bits per heavy atom. The summed E-state index contributed by atoms with van der Waals surface area (Å²) < 4.78 is 0. The first kappa shape index (κ1) is 12.4. The van der Waals surface area contributed by atoms with Crippen molar-refractivity contribution in [3.8, 4) is 0 Å². The third kappa shape index (κ3) is 4.87. The van der Waals surface area contributed by atoms with Gasteiger partial charge in [-0.15, -0.1) is 0 Å². The monoisotopic (exact) mass is 181 g/mol. The van der Waals surface area contributed by atoms with Crippen LogP contribution in [0.2, 0.25) is 0 Å². The number of hydrogen-bond acceptors (Lipinski definition) is 1. The summed E-state index contributed by atoms with van der Waals surface area (Å²) >= 11 is 0. The fourth-order valence-electron chi connectivity index (χ4n) is 0.796. The summed E-state index contributed by atoms with van der Waals surface area (Å²) in [7, 11) is 0. The van der Waals surface area contributed by atoms with Crippen LogP contribution in [0.4, 0.5) is 0 Å². The van der Waals surface area contributed by atoms with Crippen LogP contribution in [-0.4, -0.2) is 12.3 Å². The molecule has 0 aromatic carbocycles. The Bertz CT molecular complexity index is 189. The molecule has 0 spiro atoms. The molecule has 0 aliphatic heterocycles. The van der Waals surface area contributed by atoms with Crippen molar-refractivity contribution in [2.24, 2.45) is 16.8 Å². The van der Waals surface area contributed by atoms with Gasteiger partial charge in [-0.25, -0.2) is 0 Å². The van der Waals surface area contributed by atoms with E-state index in [1.165, 1.54) is 5.57 Å². The first-order chi connectivity index (χ1) is 5.99. The van der Waals surface area contributed by atoms with Crippen molar-refractivity contribution >= 4 is 6.21 Å². The lowest BCUT2D eigenvalue weighted by atomic mass is 9.99. The average molecular weight is 181 g/mol. The Hall–Kier alpha value is -0.590. The van der Waals surface area contributed by atoms with Crippen LogP contribution in [0.15, 0.2) is 16.6 Å². The molecule has 13 heavy (non-hydrogen) atoms. The molecule has 0 aliphatic carbocycles. The molecule has 1 heteroatoms. The van der Waals surface area contributed by atoms with E-state index < -0.39 is 0 Å². The van der Waals surface area contributed by atoms with Crippen LogP contribution in [-0.2, 0) is 0 Å². The minimum atomic E-state index is 0.339. The van der Waals surface area contributed by atoms with Crippen LogP contribution in [0.3, 0.4) is 0 Å². The molecule has 0 N–H and O–H groups in total. The lowest BCUT2D eigenvalue weighted by Crippen LogP contribution is -2.08. The molecule has 1 unspecified atom stereocenters. The summed E-state index contributed by atoms with van der Waals surface area (Å²) in [6, 6.07) is 0.339. The lowest BCUT2D eigenvalue weighted by Gasteiger charge is -2.11. The molecule has 0 bridgehead atoms. The van der Waals surface area contributed by atoms with Crippen molar-refractivity contribution in [1.82, 2.24) is 0 Å². The number of allylic oxidation sites excluding steroid dienone is 1. The van der Waals surface area contributed by atoms with Gasteiger partial charge < -0.3 is 0 Å². The van der Waals surface area contributed by atoms with E-state index in [0.717, 1.165) is 0 Å². The maximum atomic E-state index is 4.52. The molecule has 0 aromatic heterocycles. The first-order valence-electron chi connectivity index (χ1n) is 5.15. The van der Waals surface area contributed by atoms with Gasteiger partial charge in [-0.05, 0) is 32.6 Å².